The van der Waals surface area contributed by atoms with Crippen molar-refractivity contribution >= 4 is 0 Å². The van der Waals surface area contributed by atoms with Crippen LogP contribution in [0.5, 0.6) is 0 Å². The number of hydrogen-bond donors (Lipinski definition) is 1. The standard InChI is InChI=1S/C13H21N3/c1-2-16(9-11-3-4-11)10-13-6-5-12(7-14)8-15-13/h5-6,8,11H,2-4,7,9-10,14H2,1H3. The predicted octanol–water partition coefficient (Wildman–Crippen LogP) is 1.77. The van der Waals surface area contributed by atoms with Gasteiger partial charge >= 0.3 is 0 Å². The highest BCUT2D eigenvalue weighted by atomic mass is 15.1. The first-order valence-corrected chi connectivity index (χ1v) is 6.18. The number of nitrogens with zero attached hydrogens (tertiary/aromatic N) is 2. The molecule has 2 rings (SSSR count). The van der Waals surface area contributed by atoms with Crippen molar-refractivity contribution in [3.05, 3.63) is 29.6 Å². The Hall–Kier alpha value is -0.930. The van der Waals surface area contributed by atoms with E-state index in [0.29, 0.717) is 6.54 Å². The first-order valence-electron chi connectivity index (χ1n) is 6.18. The second kappa shape index (κ2) is 5.41. The van der Waals surface area contributed by atoms with Crippen molar-refractivity contribution in [3.8, 4) is 0 Å². The summed E-state index contributed by atoms with van der Waals surface area (Å²) in [4.78, 5) is 6.92. The maximum absolute atomic E-state index is 5.55. The third kappa shape index (κ3) is 3.29. The summed E-state index contributed by atoms with van der Waals surface area (Å²) in [6, 6.07) is 4.17. The molecule has 0 amide bonds. The maximum Gasteiger partial charge on any atom is 0.0544 e. The average molecular weight is 219 g/mol. The zero-order valence-electron chi connectivity index (χ0n) is 10.0. The lowest BCUT2D eigenvalue weighted by molar-refractivity contribution is 0.265. The van der Waals surface area contributed by atoms with Gasteiger partial charge < -0.3 is 5.73 Å². The number of nitrogens with two attached hydrogens (primary N) is 1. The lowest BCUT2D eigenvalue weighted by Crippen LogP contribution is -2.25. The van der Waals surface area contributed by atoms with Gasteiger partial charge in [-0.25, -0.2) is 0 Å². The number of rotatable bonds is 6. The van der Waals surface area contributed by atoms with Crippen molar-refractivity contribution in [1.82, 2.24) is 9.88 Å². The van der Waals surface area contributed by atoms with Crippen LogP contribution in [0.4, 0.5) is 0 Å². The molecule has 0 unspecified atom stereocenters. The molecule has 0 aromatic carbocycles. The minimum Gasteiger partial charge on any atom is -0.326 e. The Morgan fingerprint density at radius 3 is 2.75 bits per heavy atom. The van der Waals surface area contributed by atoms with Crippen molar-refractivity contribution in [2.24, 2.45) is 11.7 Å². The summed E-state index contributed by atoms with van der Waals surface area (Å²) in [5.74, 6) is 0.947. The largest absolute Gasteiger partial charge is 0.326 e. The molecule has 0 saturated heterocycles. The van der Waals surface area contributed by atoms with Crippen LogP contribution in [0, 0.1) is 5.92 Å². The SMILES string of the molecule is CCN(Cc1ccc(CN)cn1)CC1CC1. The van der Waals surface area contributed by atoms with E-state index < -0.39 is 0 Å². The second-order valence-corrected chi connectivity index (χ2v) is 4.63. The molecule has 0 radical (unpaired) electrons. The molecule has 1 heterocycles. The van der Waals surface area contributed by atoms with E-state index in [1.807, 2.05) is 6.20 Å². The summed E-state index contributed by atoms with van der Waals surface area (Å²) in [5.41, 5.74) is 7.81. The first-order chi connectivity index (χ1) is 7.81. The molecule has 0 spiro atoms. The normalized spacial score (nSPS) is 15.7. The monoisotopic (exact) mass is 219 g/mol. The lowest BCUT2D eigenvalue weighted by Gasteiger charge is -2.19. The van der Waals surface area contributed by atoms with Crippen molar-refractivity contribution in [2.75, 3.05) is 13.1 Å². The summed E-state index contributed by atoms with van der Waals surface area (Å²) in [6.07, 6.45) is 4.71. The van der Waals surface area contributed by atoms with E-state index >= 15 is 0 Å². The fraction of sp³-hybridized carbons (Fsp3) is 0.615. The molecule has 1 aromatic heterocycles. The molecule has 1 aromatic rings. The fourth-order valence-corrected chi connectivity index (χ4v) is 1.87. The van der Waals surface area contributed by atoms with Crippen LogP contribution in [0.25, 0.3) is 0 Å². The third-order valence-corrected chi connectivity index (χ3v) is 3.17. The smallest absolute Gasteiger partial charge is 0.0544 e. The van der Waals surface area contributed by atoms with Gasteiger partial charge in [-0.3, -0.25) is 9.88 Å². The molecule has 88 valence electrons. The van der Waals surface area contributed by atoms with Crippen molar-refractivity contribution < 1.29 is 0 Å². The molecule has 1 aliphatic carbocycles. The Bertz CT molecular complexity index is 316. The van der Waals surface area contributed by atoms with Crippen LogP contribution in [-0.2, 0) is 13.1 Å². The van der Waals surface area contributed by atoms with E-state index in [1.165, 1.54) is 19.4 Å². The van der Waals surface area contributed by atoms with E-state index in [-0.39, 0.29) is 0 Å². The molecule has 0 aliphatic heterocycles. The summed E-state index contributed by atoms with van der Waals surface area (Å²) in [6.45, 7) is 6.11. The van der Waals surface area contributed by atoms with Crippen molar-refractivity contribution in [3.63, 3.8) is 0 Å². The van der Waals surface area contributed by atoms with Crippen molar-refractivity contribution in [2.45, 2.75) is 32.9 Å². The highest BCUT2D eigenvalue weighted by Crippen LogP contribution is 2.29. The molecular formula is C13H21N3. The van der Waals surface area contributed by atoms with Gasteiger partial charge in [-0.1, -0.05) is 13.0 Å². The number of hydrogen-bond acceptors (Lipinski definition) is 3. The summed E-state index contributed by atoms with van der Waals surface area (Å²) in [7, 11) is 0. The van der Waals surface area contributed by atoms with E-state index in [4.69, 9.17) is 5.73 Å². The van der Waals surface area contributed by atoms with Gasteiger partial charge in [0, 0.05) is 25.8 Å². The number of pyridine rings is 1. The van der Waals surface area contributed by atoms with Gasteiger partial charge in [0.25, 0.3) is 0 Å². The lowest BCUT2D eigenvalue weighted by atomic mass is 10.2. The van der Waals surface area contributed by atoms with Gasteiger partial charge in [0.05, 0.1) is 5.69 Å². The molecule has 1 fully saturated rings. The quantitative estimate of drug-likeness (QED) is 0.793. The van der Waals surface area contributed by atoms with Gasteiger partial charge in [-0.15, -0.1) is 0 Å². The molecule has 0 bridgehead atoms. The van der Waals surface area contributed by atoms with Crippen LogP contribution < -0.4 is 5.73 Å². The van der Waals surface area contributed by atoms with Gasteiger partial charge in [-0.05, 0) is 36.9 Å². The van der Waals surface area contributed by atoms with Crippen LogP contribution >= 0.6 is 0 Å². The Morgan fingerprint density at radius 2 is 2.25 bits per heavy atom. The molecule has 3 nitrogen and oxygen atoms in total. The molecule has 1 saturated carbocycles. The van der Waals surface area contributed by atoms with Gasteiger partial charge in [0.1, 0.15) is 0 Å². The minimum absolute atomic E-state index is 0.576. The molecule has 3 heteroatoms. The Balaban J connectivity index is 1.89. The number of aromatic nitrogens is 1. The van der Waals surface area contributed by atoms with Crippen LogP contribution in [0.1, 0.15) is 31.0 Å². The Morgan fingerprint density at radius 1 is 1.44 bits per heavy atom. The van der Waals surface area contributed by atoms with E-state index in [9.17, 15) is 0 Å². The summed E-state index contributed by atoms with van der Waals surface area (Å²) >= 11 is 0. The third-order valence-electron chi connectivity index (χ3n) is 3.17. The fourth-order valence-electron chi connectivity index (χ4n) is 1.87. The predicted molar refractivity (Wildman–Crippen MR) is 65.8 cm³/mol. The topological polar surface area (TPSA) is 42.1 Å². The van der Waals surface area contributed by atoms with Gasteiger partial charge in [-0.2, -0.15) is 0 Å². The highest BCUT2D eigenvalue weighted by Gasteiger charge is 2.23. The maximum atomic E-state index is 5.55. The van der Waals surface area contributed by atoms with Crippen LogP contribution in [0.2, 0.25) is 0 Å². The zero-order valence-corrected chi connectivity index (χ0v) is 10.0. The molecule has 16 heavy (non-hydrogen) atoms. The second-order valence-electron chi connectivity index (χ2n) is 4.63. The van der Waals surface area contributed by atoms with Gasteiger partial charge in [0.15, 0.2) is 0 Å². The Labute approximate surface area is 97.7 Å². The first kappa shape index (κ1) is 11.6. The van der Waals surface area contributed by atoms with E-state index in [0.717, 1.165) is 30.3 Å². The average Bonchev–Trinajstić information content (AvgIpc) is 3.13. The molecule has 1 aliphatic rings. The highest BCUT2D eigenvalue weighted by molar-refractivity contribution is 5.13. The van der Waals surface area contributed by atoms with Crippen LogP contribution in [-0.4, -0.2) is 23.0 Å². The van der Waals surface area contributed by atoms with Crippen LogP contribution in [0.15, 0.2) is 18.3 Å². The minimum atomic E-state index is 0.576. The van der Waals surface area contributed by atoms with Gasteiger partial charge in [0.2, 0.25) is 0 Å². The van der Waals surface area contributed by atoms with E-state index in [1.54, 1.807) is 0 Å². The van der Waals surface area contributed by atoms with E-state index in [2.05, 4.69) is 28.9 Å². The molecule has 0 atom stereocenters. The molecular weight excluding hydrogens is 198 g/mol. The summed E-state index contributed by atoms with van der Waals surface area (Å²) < 4.78 is 0. The van der Waals surface area contributed by atoms with Crippen LogP contribution in [0.3, 0.4) is 0 Å². The van der Waals surface area contributed by atoms with Crippen molar-refractivity contribution in [1.29, 1.82) is 0 Å². The molecule has 2 N–H and O–H groups in total. The summed E-state index contributed by atoms with van der Waals surface area (Å²) in [5, 5.41) is 0. The zero-order chi connectivity index (χ0) is 11.4. The Kier molecular flexibility index (Phi) is 3.91.